The van der Waals surface area contributed by atoms with E-state index in [9.17, 15) is 0 Å². The molecule has 0 aliphatic carbocycles. The van der Waals surface area contributed by atoms with Gasteiger partial charge in [-0.15, -0.1) is 0 Å². The Balaban J connectivity index is -0.0000000812. The molecular formula is C38H64O4Y. The van der Waals surface area contributed by atoms with Crippen molar-refractivity contribution >= 4 is 0 Å². The number of hydrogen-bond acceptors (Lipinski definition) is 4. The Morgan fingerprint density at radius 2 is 0.395 bits per heavy atom. The summed E-state index contributed by atoms with van der Waals surface area (Å²) in [6.45, 7) is 16.0. The molecule has 0 fully saturated rings. The van der Waals surface area contributed by atoms with Gasteiger partial charge in [-0.1, -0.05) is 177 Å². The molecule has 0 heterocycles. The van der Waals surface area contributed by atoms with Crippen LogP contribution >= 0.6 is 0 Å². The van der Waals surface area contributed by atoms with Crippen LogP contribution in [0.3, 0.4) is 0 Å². The van der Waals surface area contributed by atoms with E-state index in [0.29, 0.717) is 0 Å². The molecule has 243 valence electrons. The normalized spacial score (nSPS) is 7.07. The van der Waals surface area contributed by atoms with Gasteiger partial charge in [-0.2, -0.15) is 0 Å². The molecule has 43 heavy (non-hydrogen) atoms. The van der Waals surface area contributed by atoms with E-state index in [0.717, 1.165) is 41.3 Å². The summed E-state index contributed by atoms with van der Waals surface area (Å²) >= 11 is 0. The van der Waals surface area contributed by atoms with Crippen LogP contribution in [0, 0.1) is 0 Å². The minimum absolute atomic E-state index is 0. The molecular weight excluding hydrogens is 609 g/mol. The zero-order valence-electron chi connectivity index (χ0n) is 29.3. The van der Waals surface area contributed by atoms with Gasteiger partial charge < -0.3 is 20.4 Å². The Hall–Kier alpha value is -2.18. The van der Waals surface area contributed by atoms with Crippen molar-refractivity contribution in [3.8, 4) is 0 Å². The molecule has 0 saturated heterocycles. The second kappa shape index (κ2) is 59.3. The first-order chi connectivity index (χ1) is 20.9. The fourth-order valence-corrected chi connectivity index (χ4v) is 2.85. The van der Waals surface area contributed by atoms with Crippen molar-refractivity contribution in [1.29, 1.82) is 0 Å². The van der Waals surface area contributed by atoms with Crippen molar-refractivity contribution in [2.24, 2.45) is 0 Å². The van der Waals surface area contributed by atoms with Gasteiger partial charge >= 0.3 is 0 Å². The van der Waals surface area contributed by atoms with E-state index in [1.807, 2.05) is 55.4 Å². The van der Waals surface area contributed by atoms with Crippen molar-refractivity contribution in [3.63, 3.8) is 0 Å². The SMILES string of the molecule is CC.CC.CC.CC.CO.CO.CO.CO.[Y].c1ccc(Cc2ccccc2)cc1.c1ccc(Cc2ccccc2)cc1. The van der Waals surface area contributed by atoms with Crippen LogP contribution in [0.25, 0.3) is 0 Å². The molecule has 4 nitrogen and oxygen atoms in total. The van der Waals surface area contributed by atoms with Gasteiger partial charge in [0, 0.05) is 61.1 Å². The summed E-state index contributed by atoms with van der Waals surface area (Å²) in [6.07, 6.45) is 2.06. The molecule has 0 aliphatic heterocycles. The van der Waals surface area contributed by atoms with E-state index in [2.05, 4.69) is 121 Å². The van der Waals surface area contributed by atoms with Crippen LogP contribution in [0.4, 0.5) is 0 Å². The van der Waals surface area contributed by atoms with Crippen LogP contribution < -0.4 is 0 Å². The second-order valence-electron chi connectivity index (χ2n) is 6.30. The topological polar surface area (TPSA) is 80.9 Å². The zero-order valence-corrected chi connectivity index (χ0v) is 32.2. The molecule has 0 unspecified atom stereocenters. The maximum absolute atomic E-state index is 7.00. The predicted molar refractivity (Wildman–Crippen MR) is 189 cm³/mol. The molecule has 4 aromatic carbocycles. The third-order valence-electron chi connectivity index (χ3n) is 4.19. The smallest absolute Gasteiger partial charge is 0.0319 e. The van der Waals surface area contributed by atoms with E-state index in [-0.39, 0.29) is 32.7 Å². The summed E-state index contributed by atoms with van der Waals surface area (Å²) in [5.74, 6) is 0. The molecule has 0 saturated carbocycles. The number of hydrogen-bond donors (Lipinski definition) is 4. The first kappa shape index (κ1) is 56.6. The monoisotopic (exact) mass is 673 g/mol. The summed E-state index contributed by atoms with van der Waals surface area (Å²) in [4.78, 5) is 0. The predicted octanol–water partition coefficient (Wildman–Crippen LogP) is 9.09. The Bertz CT molecular complexity index is 725. The van der Waals surface area contributed by atoms with Crippen LogP contribution in [0.2, 0.25) is 0 Å². The van der Waals surface area contributed by atoms with Crippen LogP contribution in [-0.2, 0) is 45.6 Å². The maximum atomic E-state index is 7.00. The number of aliphatic hydroxyl groups is 4. The third-order valence-corrected chi connectivity index (χ3v) is 4.19. The minimum atomic E-state index is 0. The Morgan fingerprint density at radius 3 is 0.512 bits per heavy atom. The quantitative estimate of drug-likeness (QED) is 0.174. The fourth-order valence-electron chi connectivity index (χ4n) is 2.85. The van der Waals surface area contributed by atoms with Crippen molar-refractivity contribution < 1.29 is 53.1 Å². The first-order valence-electron chi connectivity index (χ1n) is 14.8. The number of rotatable bonds is 4. The number of benzene rings is 4. The van der Waals surface area contributed by atoms with E-state index in [4.69, 9.17) is 20.4 Å². The molecule has 4 aromatic rings. The average Bonchev–Trinajstić information content (AvgIpc) is 3.14. The molecule has 1 radical (unpaired) electrons. The largest absolute Gasteiger partial charge is 0.400 e. The van der Waals surface area contributed by atoms with Crippen LogP contribution in [0.5, 0.6) is 0 Å². The first-order valence-corrected chi connectivity index (χ1v) is 14.8. The van der Waals surface area contributed by atoms with Crippen molar-refractivity contribution in [2.75, 3.05) is 28.4 Å². The van der Waals surface area contributed by atoms with Gasteiger partial charge in [0.15, 0.2) is 0 Å². The molecule has 0 aromatic heterocycles. The molecule has 0 atom stereocenters. The molecule has 0 aliphatic rings. The van der Waals surface area contributed by atoms with Gasteiger partial charge in [-0.25, -0.2) is 0 Å². The van der Waals surface area contributed by atoms with Gasteiger partial charge in [0.2, 0.25) is 0 Å². The third kappa shape index (κ3) is 39.8. The van der Waals surface area contributed by atoms with E-state index in [1.54, 1.807) is 0 Å². The average molecular weight is 674 g/mol. The Labute approximate surface area is 291 Å². The number of aliphatic hydroxyl groups excluding tert-OH is 4. The van der Waals surface area contributed by atoms with Gasteiger partial charge in [0.25, 0.3) is 0 Å². The summed E-state index contributed by atoms with van der Waals surface area (Å²) in [5.41, 5.74) is 5.48. The van der Waals surface area contributed by atoms with Gasteiger partial charge in [-0.05, 0) is 35.1 Å². The molecule has 5 heteroatoms. The van der Waals surface area contributed by atoms with E-state index >= 15 is 0 Å². The molecule has 4 N–H and O–H groups in total. The molecule has 4 rings (SSSR count). The van der Waals surface area contributed by atoms with Crippen molar-refractivity contribution in [3.05, 3.63) is 144 Å². The summed E-state index contributed by atoms with van der Waals surface area (Å²) < 4.78 is 0. The second-order valence-corrected chi connectivity index (χ2v) is 6.30. The molecule has 0 amide bonds. The molecule has 0 bridgehead atoms. The van der Waals surface area contributed by atoms with Crippen molar-refractivity contribution in [2.45, 2.75) is 68.2 Å². The standard InChI is InChI=1S/2C13H12.4C2H6.4CH4O.Y/c2*1-3-7-12(8-4-1)11-13-9-5-2-6-10-13;8*1-2;/h2*1-10H,11H2;4*1-2H3;4*2H,1H3;. The fraction of sp³-hybridized carbons (Fsp3) is 0.368. The van der Waals surface area contributed by atoms with Gasteiger partial charge in [0.1, 0.15) is 0 Å². The summed E-state index contributed by atoms with van der Waals surface area (Å²) in [5, 5.41) is 28.0. The van der Waals surface area contributed by atoms with Gasteiger partial charge in [-0.3, -0.25) is 0 Å². The Kier molecular flexibility index (Phi) is 78.0. The zero-order chi connectivity index (χ0) is 33.9. The van der Waals surface area contributed by atoms with Crippen LogP contribution in [0.1, 0.15) is 77.6 Å². The van der Waals surface area contributed by atoms with E-state index in [1.165, 1.54) is 22.3 Å². The molecule has 0 spiro atoms. The Morgan fingerprint density at radius 1 is 0.279 bits per heavy atom. The maximum Gasteiger partial charge on any atom is 0.0319 e. The van der Waals surface area contributed by atoms with Crippen LogP contribution in [-0.4, -0.2) is 48.9 Å². The van der Waals surface area contributed by atoms with Crippen molar-refractivity contribution in [1.82, 2.24) is 0 Å². The summed E-state index contributed by atoms with van der Waals surface area (Å²) in [6, 6.07) is 42.1. The summed E-state index contributed by atoms with van der Waals surface area (Å²) in [7, 11) is 4.00. The van der Waals surface area contributed by atoms with E-state index < -0.39 is 0 Å². The van der Waals surface area contributed by atoms with Crippen LogP contribution in [0.15, 0.2) is 121 Å². The minimum Gasteiger partial charge on any atom is -0.400 e. The van der Waals surface area contributed by atoms with Gasteiger partial charge in [0.05, 0.1) is 0 Å².